The van der Waals surface area contributed by atoms with Crippen molar-refractivity contribution in [2.75, 3.05) is 25.6 Å². The molecule has 0 aliphatic heterocycles. The molecule has 186 valence electrons. The molecule has 1 amide bonds. The van der Waals surface area contributed by atoms with E-state index in [-0.39, 0.29) is 5.57 Å². The van der Waals surface area contributed by atoms with E-state index < -0.39 is 5.91 Å². The van der Waals surface area contributed by atoms with Gasteiger partial charge in [0.1, 0.15) is 47.1 Å². The SMILES string of the molecule is COc1ccc(OCCOc2ccc(/C=C(/C#N)C(=O)Nc3nnc(C4CCCCC4)s3)cc2)cc1. The van der Waals surface area contributed by atoms with E-state index in [9.17, 15) is 10.1 Å². The quantitative estimate of drug-likeness (QED) is 0.218. The largest absolute Gasteiger partial charge is 0.497 e. The summed E-state index contributed by atoms with van der Waals surface area (Å²) in [6, 6.07) is 16.5. The zero-order valence-electron chi connectivity index (χ0n) is 20.1. The molecule has 0 atom stereocenters. The average Bonchev–Trinajstić information content (AvgIpc) is 3.39. The summed E-state index contributed by atoms with van der Waals surface area (Å²) in [6.45, 7) is 0.762. The molecule has 4 rings (SSSR count). The van der Waals surface area contributed by atoms with Crippen LogP contribution >= 0.6 is 11.3 Å². The van der Waals surface area contributed by atoms with Crippen LogP contribution in [0.25, 0.3) is 6.08 Å². The van der Waals surface area contributed by atoms with Crippen LogP contribution in [0.2, 0.25) is 0 Å². The maximum atomic E-state index is 12.6. The van der Waals surface area contributed by atoms with Crippen LogP contribution in [0.3, 0.4) is 0 Å². The topological polar surface area (TPSA) is 106 Å². The number of nitrogens with one attached hydrogen (secondary N) is 1. The van der Waals surface area contributed by atoms with Crippen molar-refractivity contribution in [3.05, 3.63) is 64.7 Å². The Labute approximate surface area is 214 Å². The molecule has 1 heterocycles. The number of aromatic nitrogens is 2. The predicted octanol–water partition coefficient (Wildman–Crippen LogP) is 5.60. The minimum absolute atomic E-state index is 0.00836. The van der Waals surface area contributed by atoms with Gasteiger partial charge in [0.2, 0.25) is 5.13 Å². The summed E-state index contributed by atoms with van der Waals surface area (Å²) in [5.74, 6) is 2.09. The molecule has 1 N–H and O–H groups in total. The number of carbonyl (C=O) groups excluding carboxylic acids is 1. The highest BCUT2D eigenvalue weighted by molar-refractivity contribution is 7.15. The van der Waals surface area contributed by atoms with Gasteiger partial charge in [0.05, 0.1) is 7.11 Å². The van der Waals surface area contributed by atoms with Gasteiger partial charge in [-0.15, -0.1) is 10.2 Å². The number of carbonyl (C=O) groups is 1. The average molecular weight is 505 g/mol. The molecule has 1 saturated carbocycles. The lowest BCUT2D eigenvalue weighted by atomic mass is 9.90. The van der Waals surface area contributed by atoms with Crippen LogP contribution in [-0.2, 0) is 4.79 Å². The Morgan fingerprint density at radius 3 is 2.22 bits per heavy atom. The van der Waals surface area contributed by atoms with Crippen molar-refractivity contribution in [1.82, 2.24) is 10.2 Å². The first kappa shape index (κ1) is 25.2. The first-order valence-corrected chi connectivity index (χ1v) is 12.7. The summed E-state index contributed by atoms with van der Waals surface area (Å²) in [4.78, 5) is 12.6. The number of nitrogens with zero attached hydrogens (tertiary/aromatic N) is 3. The molecule has 0 spiro atoms. The van der Waals surface area contributed by atoms with Crippen LogP contribution in [-0.4, -0.2) is 36.4 Å². The lowest BCUT2D eigenvalue weighted by Gasteiger charge is -2.18. The number of benzene rings is 2. The van der Waals surface area contributed by atoms with Crippen LogP contribution in [0, 0.1) is 11.3 Å². The highest BCUT2D eigenvalue weighted by Gasteiger charge is 2.20. The summed E-state index contributed by atoms with van der Waals surface area (Å²) in [5, 5.41) is 21.9. The van der Waals surface area contributed by atoms with Gasteiger partial charge in [-0.25, -0.2) is 0 Å². The molecule has 0 radical (unpaired) electrons. The normalized spacial score (nSPS) is 14.1. The van der Waals surface area contributed by atoms with E-state index in [1.165, 1.54) is 36.7 Å². The molecular formula is C27H28N4O4S. The van der Waals surface area contributed by atoms with Crippen molar-refractivity contribution in [2.24, 2.45) is 0 Å². The maximum absolute atomic E-state index is 12.6. The number of hydrogen-bond donors (Lipinski definition) is 1. The fourth-order valence-corrected chi connectivity index (χ4v) is 4.84. The number of ether oxygens (including phenoxy) is 3. The third-order valence-corrected chi connectivity index (χ3v) is 6.85. The van der Waals surface area contributed by atoms with Crippen molar-refractivity contribution in [1.29, 1.82) is 5.26 Å². The van der Waals surface area contributed by atoms with Gasteiger partial charge >= 0.3 is 0 Å². The van der Waals surface area contributed by atoms with Gasteiger partial charge in [-0.1, -0.05) is 42.7 Å². The van der Waals surface area contributed by atoms with Crippen molar-refractivity contribution in [3.63, 3.8) is 0 Å². The van der Waals surface area contributed by atoms with E-state index in [2.05, 4.69) is 15.5 Å². The predicted molar refractivity (Wildman–Crippen MR) is 138 cm³/mol. The Morgan fingerprint density at radius 1 is 1.00 bits per heavy atom. The molecule has 0 bridgehead atoms. The van der Waals surface area contributed by atoms with Crippen LogP contribution < -0.4 is 19.5 Å². The summed E-state index contributed by atoms with van der Waals surface area (Å²) < 4.78 is 16.5. The monoisotopic (exact) mass is 504 g/mol. The minimum Gasteiger partial charge on any atom is -0.497 e. The standard InChI is InChI=1S/C27H28N4O4S/c1-33-22-11-13-24(14-12-22)35-16-15-34-23-9-7-19(8-10-23)17-21(18-28)25(32)29-27-31-30-26(36-27)20-5-3-2-4-6-20/h7-14,17,20H,2-6,15-16H2,1H3,(H,29,31,32)/b21-17-. The first-order valence-electron chi connectivity index (χ1n) is 11.9. The molecule has 1 fully saturated rings. The highest BCUT2D eigenvalue weighted by Crippen LogP contribution is 2.35. The van der Waals surface area contributed by atoms with Crippen LogP contribution in [0.4, 0.5) is 5.13 Å². The van der Waals surface area contributed by atoms with E-state index in [4.69, 9.17) is 14.2 Å². The van der Waals surface area contributed by atoms with Gasteiger partial charge < -0.3 is 14.2 Å². The van der Waals surface area contributed by atoms with Gasteiger partial charge in [-0.3, -0.25) is 10.1 Å². The number of amides is 1. The molecule has 2 aromatic carbocycles. The lowest BCUT2D eigenvalue weighted by molar-refractivity contribution is -0.112. The smallest absolute Gasteiger partial charge is 0.268 e. The molecule has 1 aliphatic carbocycles. The van der Waals surface area contributed by atoms with Gasteiger partial charge in [0.25, 0.3) is 5.91 Å². The van der Waals surface area contributed by atoms with Gasteiger partial charge in [0, 0.05) is 5.92 Å². The number of rotatable bonds is 10. The molecular weight excluding hydrogens is 476 g/mol. The Balaban J connectivity index is 1.26. The second kappa shape index (κ2) is 12.7. The van der Waals surface area contributed by atoms with E-state index in [1.807, 2.05) is 30.3 Å². The third kappa shape index (κ3) is 7.06. The van der Waals surface area contributed by atoms with Gasteiger partial charge in [0.15, 0.2) is 0 Å². The Hall–Kier alpha value is -3.90. The van der Waals surface area contributed by atoms with E-state index in [0.717, 1.165) is 29.3 Å². The number of anilines is 1. The molecule has 1 aromatic heterocycles. The molecule has 3 aromatic rings. The molecule has 0 saturated heterocycles. The van der Waals surface area contributed by atoms with Crippen molar-refractivity contribution >= 4 is 28.5 Å². The number of hydrogen-bond acceptors (Lipinski definition) is 8. The van der Waals surface area contributed by atoms with Crippen LogP contribution in [0.1, 0.15) is 48.6 Å². The Bertz CT molecular complexity index is 1210. The number of nitriles is 1. The zero-order valence-corrected chi connectivity index (χ0v) is 20.9. The van der Waals surface area contributed by atoms with Crippen LogP contribution in [0.15, 0.2) is 54.1 Å². The second-order valence-electron chi connectivity index (χ2n) is 8.35. The summed E-state index contributed by atoms with van der Waals surface area (Å²) in [7, 11) is 1.62. The third-order valence-electron chi connectivity index (χ3n) is 5.85. The minimum atomic E-state index is -0.500. The van der Waals surface area contributed by atoms with E-state index in [0.29, 0.717) is 35.6 Å². The van der Waals surface area contributed by atoms with Crippen molar-refractivity contribution in [2.45, 2.75) is 38.0 Å². The van der Waals surface area contributed by atoms with Gasteiger partial charge in [-0.2, -0.15) is 5.26 Å². The van der Waals surface area contributed by atoms with Crippen molar-refractivity contribution < 1.29 is 19.0 Å². The summed E-state index contributed by atoms with van der Waals surface area (Å²) in [5.41, 5.74) is 0.703. The van der Waals surface area contributed by atoms with Gasteiger partial charge in [-0.05, 0) is 60.9 Å². The van der Waals surface area contributed by atoms with E-state index in [1.54, 1.807) is 31.4 Å². The number of methoxy groups -OCH3 is 1. The zero-order chi connectivity index (χ0) is 25.2. The second-order valence-corrected chi connectivity index (χ2v) is 9.35. The molecule has 1 aliphatic rings. The molecule has 8 nitrogen and oxygen atoms in total. The van der Waals surface area contributed by atoms with Crippen LogP contribution in [0.5, 0.6) is 17.2 Å². The fraction of sp³-hybridized carbons (Fsp3) is 0.333. The Kier molecular flexibility index (Phi) is 8.89. The lowest BCUT2D eigenvalue weighted by Crippen LogP contribution is -2.13. The summed E-state index contributed by atoms with van der Waals surface area (Å²) >= 11 is 1.39. The molecule has 0 unspecified atom stereocenters. The fourth-order valence-electron chi connectivity index (χ4n) is 3.93. The van der Waals surface area contributed by atoms with Crippen molar-refractivity contribution in [3.8, 4) is 23.3 Å². The molecule has 36 heavy (non-hydrogen) atoms. The highest BCUT2D eigenvalue weighted by atomic mass is 32.1. The maximum Gasteiger partial charge on any atom is 0.268 e. The summed E-state index contributed by atoms with van der Waals surface area (Å²) in [6.07, 6.45) is 7.43. The van der Waals surface area contributed by atoms with E-state index >= 15 is 0 Å². The first-order chi connectivity index (χ1) is 17.6. The molecule has 9 heteroatoms. The Morgan fingerprint density at radius 2 is 1.61 bits per heavy atom.